The molecule has 1 atom stereocenters. The van der Waals surface area contributed by atoms with E-state index in [1.165, 1.54) is 13.2 Å². The Morgan fingerprint density at radius 1 is 1.15 bits per heavy atom. The molecule has 1 saturated heterocycles. The Labute approximate surface area is 190 Å². The summed E-state index contributed by atoms with van der Waals surface area (Å²) in [6.07, 6.45) is 2.50. The van der Waals surface area contributed by atoms with Crippen molar-refractivity contribution in [2.75, 3.05) is 13.7 Å². The largest absolute Gasteiger partial charge is 0.465 e. The third-order valence-corrected chi connectivity index (χ3v) is 5.37. The number of esters is 1. The van der Waals surface area contributed by atoms with Crippen molar-refractivity contribution in [3.8, 4) is 22.5 Å². The molecule has 0 amide bonds. The summed E-state index contributed by atoms with van der Waals surface area (Å²) in [6, 6.07) is 15.0. The molecule has 0 bridgehead atoms. The first-order chi connectivity index (χ1) is 16.1. The van der Waals surface area contributed by atoms with E-state index in [0.717, 1.165) is 19.3 Å². The van der Waals surface area contributed by atoms with Crippen LogP contribution in [0.25, 0.3) is 22.5 Å². The van der Waals surface area contributed by atoms with Crippen molar-refractivity contribution in [2.45, 2.75) is 32.2 Å². The van der Waals surface area contributed by atoms with Gasteiger partial charge in [0.25, 0.3) is 5.69 Å². The van der Waals surface area contributed by atoms with E-state index in [0.29, 0.717) is 40.2 Å². The molecule has 4 rings (SSSR count). The number of carbonyl (C=O) groups is 1. The van der Waals surface area contributed by atoms with Crippen LogP contribution >= 0.6 is 0 Å². The van der Waals surface area contributed by atoms with Gasteiger partial charge in [0.05, 0.1) is 35.5 Å². The minimum absolute atomic E-state index is 0.0604. The molecule has 0 N–H and O–H groups in total. The molecule has 3 aromatic rings. The molecule has 2 aromatic carbocycles. The van der Waals surface area contributed by atoms with Gasteiger partial charge in [0.15, 0.2) is 6.29 Å². The standard InChI is InChI=1S/C24H23N3O6/c1-31-24(28)17-8-6-7-16(13-17)23-18(15-33-22-11-4-5-12-32-22)14-20(25-26-23)19-9-2-3-10-21(19)27(29)30/h2-3,6-10,13-14,22H,4-5,11-12,15H2,1H3. The fourth-order valence-corrected chi connectivity index (χ4v) is 3.70. The first kappa shape index (κ1) is 22.5. The molecule has 0 radical (unpaired) electrons. The SMILES string of the molecule is COC(=O)c1cccc(-c2nnc(-c3ccccc3[N+](=O)[O-])cc2COC2CCCCO2)c1. The minimum Gasteiger partial charge on any atom is -0.465 e. The van der Waals surface area contributed by atoms with Crippen LogP contribution < -0.4 is 0 Å². The van der Waals surface area contributed by atoms with Crippen molar-refractivity contribution in [2.24, 2.45) is 0 Å². The molecule has 0 aliphatic carbocycles. The van der Waals surface area contributed by atoms with E-state index in [9.17, 15) is 14.9 Å². The highest BCUT2D eigenvalue weighted by atomic mass is 16.7. The second-order valence-corrected chi connectivity index (χ2v) is 7.56. The Kier molecular flexibility index (Phi) is 7.01. The van der Waals surface area contributed by atoms with E-state index in [2.05, 4.69) is 10.2 Å². The van der Waals surface area contributed by atoms with E-state index in [1.54, 1.807) is 42.5 Å². The molecule has 0 saturated carbocycles. The molecule has 9 nitrogen and oxygen atoms in total. The number of hydrogen-bond acceptors (Lipinski definition) is 8. The zero-order valence-electron chi connectivity index (χ0n) is 18.1. The van der Waals surface area contributed by atoms with Crippen LogP contribution in [-0.4, -0.2) is 41.1 Å². The van der Waals surface area contributed by atoms with Crippen LogP contribution in [0.1, 0.15) is 35.2 Å². The fourth-order valence-electron chi connectivity index (χ4n) is 3.70. The van der Waals surface area contributed by atoms with Gasteiger partial charge < -0.3 is 14.2 Å². The summed E-state index contributed by atoms with van der Waals surface area (Å²) in [5.41, 5.74) is 2.88. The van der Waals surface area contributed by atoms with Crippen molar-refractivity contribution in [1.29, 1.82) is 0 Å². The second kappa shape index (κ2) is 10.3. The van der Waals surface area contributed by atoms with Crippen molar-refractivity contribution in [1.82, 2.24) is 10.2 Å². The number of nitrogens with zero attached hydrogens (tertiary/aromatic N) is 3. The molecule has 2 heterocycles. The average molecular weight is 449 g/mol. The van der Waals surface area contributed by atoms with Gasteiger partial charge in [-0.25, -0.2) is 4.79 Å². The zero-order valence-corrected chi connectivity index (χ0v) is 18.1. The highest BCUT2D eigenvalue weighted by molar-refractivity contribution is 5.91. The maximum absolute atomic E-state index is 12.0. The Balaban J connectivity index is 1.74. The molecule has 1 fully saturated rings. The molecule has 33 heavy (non-hydrogen) atoms. The molecule has 0 spiro atoms. The number of hydrogen-bond donors (Lipinski definition) is 0. The van der Waals surface area contributed by atoms with Gasteiger partial charge in [0.2, 0.25) is 0 Å². The van der Waals surface area contributed by atoms with Gasteiger partial charge in [-0.2, -0.15) is 0 Å². The van der Waals surface area contributed by atoms with E-state index in [-0.39, 0.29) is 18.6 Å². The third kappa shape index (κ3) is 5.21. The lowest BCUT2D eigenvalue weighted by molar-refractivity contribution is -0.384. The van der Waals surface area contributed by atoms with E-state index in [4.69, 9.17) is 14.2 Å². The van der Waals surface area contributed by atoms with Gasteiger partial charge in [0.1, 0.15) is 5.69 Å². The molecule has 9 heteroatoms. The number of nitro groups is 1. The third-order valence-electron chi connectivity index (χ3n) is 5.37. The monoisotopic (exact) mass is 449 g/mol. The summed E-state index contributed by atoms with van der Waals surface area (Å²) >= 11 is 0. The molecular weight excluding hydrogens is 426 g/mol. The Hall–Kier alpha value is -3.69. The number of benzene rings is 2. The van der Waals surface area contributed by atoms with Crippen molar-refractivity contribution < 1.29 is 23.9 Å². The summed E-state index contributed by atoms with van der Waals surface area (Å²) in [5.74, 6) is -0.463. The highest BCUT2D eigenvalue weighted by Crippen LogP contribution is 2.31. The van der Waals surface area contributed by atoms with Crippen molar-refractivity contribution in [3.05, 3.63) is 75.8 Å². The van der Waals surface area contributed by atoms with Crippen LogP contribution in [0.3, 0.4) is 0 Å². The van der Waals surface area contributed by atoms with Crippen LogP contribution in [0.15, 0.2) is 54.6 Å². The molecule has 1 aliphatic rings. The van der Waals surface area contributed by atoms with Gasteiger partial charge in [0, 0.05) is 23.8 Å². The van der Waals surface area contributed by atoms with Gasteiger partial charge in [-0.1, -0.05) is 24.3 Å². The maximum atomic E-state index is 12.0. The van der Waals surface area contributed by atoms with Gasteiger partial charge in [-0.3, -0.25) is 10.1 Å². The number of rotatable bonds is 7. The van der Waals surface area contributed by atoms with Crippen LogP contribution in [-0.2, 0) is 20.8 Å². The summed E-state index contributed by atoms with van der Waals surface area (Å²) in [4.78, 5) is 23.0. The number of methoxy groups -OCH3 is 1. The van der Waals surface area contributed by atoms with Crippen molar-refractivity contribution in [3.63, 3.8) is 0 Å². The molecule has 1 unspecified atom stereocenters. The molecule has 1 aromatic heterocycles. The molecule has 170 valence electrons. The Morgan fingerprint density at radius 3 is 2.76 bits per heavy atom. The minimum atomic E-state index is -0.463. The highest BCUT2D eigenvalue weighted by Gasteiger charge is 2.20. The van der Waals surface area contributed by atoms with Crippen LogP contribution in [0, 0.1) is 10.1 Å². The first-order valence-corrected chi connectivity index (χ1v) is 10.6. The Bertz CT molecular complexity index is 1160. The normalized spacial score (nSPS) is 15.7. The number of para-hydroxylation sites is 1. The number of nitro benzene ring substituents is 1. The predicted molar refractivity (Wildman–Crippen MR) is 119 cm³/mol. The van der Waals surface area contributed by atoms with Gasteiger partial charge >= 0.3 is 5.97 Å². The van der Waals surface area contributed by atoms with Gasteiger partial charge in [-0.05, 0) is 43.5 Å². The van der Waals surface area contributed by atoms with E-state index < -0.39 is 10.9 Å². The lowest BCUT2D eigenvalue weighted by atomic mass is 10.0. The molecule has 1 aliphatic heterocycles. The first-order valence-electron chi connectivity index (χ1n) is 10.6. The van der Waals surface area contributed by atoms with Crippen LogP contribution in [0.5, 0.6) is 0 Å². The maximum Gasteiger partial charge on any atom is 0.337 e. The van der Waals surface area contributed by atoms with Crippen LogP contribution in [0.4, 0.5) is 5.69 Å². The average Bonchev–Trinajstić information content (AvgIpc) is 2.87. The van der Waals surface area contributed by atoms with E-state index >= 15 is 0 Å². The zero-order chi connectivity index (χ0) is 23.2. The fraction of sp³-hybridized carbons (Fsp3) is 0.292. The topological polar surface area (TPSA) is 114 Å². The lowest BCUT2D eigenvalue weighted by Gasteiger charge is -2.23. The summed E-state index contributed by atoms with van der Waals surface area (Å²) in [7, 11) is 1.32. The predicted octanol–water partition coefficient (Wildman–Crippen LogP) is 4.55. The van der Waals surface area contributed by atoms with Crippen LogP contribution in [0.2, 0.25) is 0 Å². The number of aromatic nitrogens is 2. The smallest absolute Gasteiger partial charge is 0.337 e. The van der Waals surface area contributed by atoms with Gasteiger partial charge in [-0.15, -0.1) is 10.2 Å². The summed E-state index contributed by atoms with van der Waals surface area (Å²) < 4.78 is 16.5. The summed E-state index contributed by atoms with van der Waals surface area (Å²) in [5, 5.41) is 20.1. The number of ether oxygens (including phenoxy) is 3. The lowest BCUT2D eigenvalue weighted by Crippen LogP contribution is -2.22. The Morgan fingerprint density at radius 2 is 2.00 bits per heavy atom. The number of carbonyl (C=O) groups excluding carboxylic acids is 1. The molecular formula is C24H23N3O6. The van der Waals surface area contributed by atoms with Crippen molar-refractivity contribution >= 4 is 11.7 Å². The second-order valence-electron chi connectivity index (χ2n) is 7.56. The van der Waals surface area contributed by atoms with E-state index in [1.807, 2.05) is 6.07 Å². The quantitative estimate of drug-likeness (QED) is 0.293. The summed E-state index contributed by atoms with van der Waals surface area (Å²) in [6.45, 7) is 0.820.